The van der Waals surface area contributed by atoms with Crippen molar-refractivity contribution in [3.05, 3.63) is 65.5 Å². The smallest absolute Gasteiger partial charge is 0.252 e. The number of aliphatic imine (C=N–C) groups is 1. The van der Waals surface area contributed by atoms with Crippen LogP contribution in [-0.2, 0) is 21.1 Å². The molecule has 5 nitrogen and oxygen atoms in total. The van der Waals surface area contributed by atoms with Gasteiger partial charge in [0.25, 0.3) is 5.91 Å². The second kappa shape index (κ2) is 8.15. The van der Waals surface area contributed by atoms with E-state index in [1.54, 1.807) is 12.1 Å². The largest absolute Gasteiger partial charge is 0.315 e. The summed E-state index contributed by atoms with van der Waals surface area (Å²) in [6.45, 7) is 4.17. The molecule has 2 aromatic carbocycles. The van der Waals surface area contributed by atoms with Gasteiger partial charge in [-0.2, -0.15) is 4.99 Å². The lowest BCUT2D eigenvalue weighted by Crippen LogP contribution is -2.38. The molecular weight excluding hydrogens is 423 g/mol. The minimum absolute atomic E-state index is 0.0578. The van der Waals surface area contributed by atoms with Crippen molar-refractivity contribution >= 4 is 38.4 Å². The minimum atomic E-state index is -3.12. The van der Waals surface area contributed by atoms with Gasteiger partial charge in [0.15, 0.2) is 15.0 Å². The highest BCUT2D eigenvalue weighted by Crippen LogP contribution is 2.43. The lowest BCUT2D eigenvalue weighted by atomic mass is 9.99. The molecule has 0 N–H and O–H groups in total. The zero-order valence-corrected chi connectivity index (χ0v) is 18.4. The molecular formula is C22H23FN2O3S2. The summed E-state index contributed by atoms with van der Waals surface area (Å²) < 4.78 is 37.6. The zero-order valence-electron chi connectivity index (χ0n) is 16.8. The third-order valence-corrected chi connectivity index (χ3v) is 8.58. The quantitative estimate of drug-likeness (QED) is 0.715. The van der Waals surface area contributed by atoms with E-state index in [-0.39, 0.29) is 46.9 Å². The molecule has 2 aliphatic rings. The molecule has 0 radical (unpaired) electrons. The summed E-state index contributed by atoms with van der Waals surface area (Å²) in [6, 6.07) is 13.4. The number of sulfone groups is 1. The number of benzene rings is 2. The maximum Gasteiger partial charge on any atom is 0.252 e. The molecule has 0 aromatic heterocycles. The number of hydrogen-bond acceptors (Lipinski definition) is 4. The van der Waals surface area contributed by atoms with Crippen molar-refractivity contribution in [2.75, 3.05) is 16.4 Å². The van der Waals surface area contributed by atoms with Gasteiger partial charge < -0.3 is 4.90 Å². The van der Waals surface area contributed by atoms with E-state index in [2.05, 4.69) is 18.8 Å². The summed E-state index contributed by atoms with van der Waals surface area (Å²) in [7, 11) is -3.12. The molecule has 2 fully saturated rings. The van der Waals surface area contributed by atoms with E-state index >= 15 is 0 Å². The van der Waals surface area contributed by atoms with E-state index in [0.717, 1.165) is 11.3 Å². The van der Waals surface area contributed by atoms with Crippen LogP contribution in [0.4, 0.5) is 10.1 Å². The maximum atomic E-state index is 13.1. The van der Waals surface area contributed by atoms with Crippen LogP contribution in [0.1, 0.15) is 30.9 Å². The number of hydrogen-bond donors (Lipinski definition) is 0. The van der Waals surface area contributed by atoms with Crippen LogP contribution < -0.4 is 4.90 Å². The first-order chi connectivity index (χ1) is 14.2. The Morgan fingerprint density at radius 1 is 1.17 bits per heavy atom. The van der Waals surface area contributed by atoms with E-state index in [1.807, 2.05) is 29.2 Å². The Morgan fingerprint density at radius 3 is 2.57 bits per heavy atom. The number of para-hydroxylation sites is 1. The average Bonchev–Trinajstić information content (AvgIpc) is 3.14. The number of nitrogens with zero attached hydrogens (tertiary/aromatic N) is 2. The minimum Gasteiger partial charge on any atom is -0.315 e. The van der Waals surface area contributed by atoms with Crippen LogP contribution in [0.3, 0.4) is 0 Å². The number of fused-ring (bicyclic) bond motifs is 1. The fourth-order valence-electron chi connectivity index (χ4n) is 3.96. The number of halogens is 1. The molecule has 0 saturated carbocycles. The number of rotatable bonds is 4. The number of anilines is 1. The second-order valence-corrected chi connectivity index (χ2v) is 11.3. The molecule has 0 spiro atoms. The maximum absolute atomic E-state index is 13.1. The van der Waals surface area contributed by atoms with E-state index < -0.39 is 9.84 Å². The van der Waals surface area contributed by atoms with Gasteiger partial charge in [-0.25, -0.2) is 12.8 Å². The Bertz CT molecular complexity index is 1100. The summed E-state index contributed by atoms with van der Waals surface area (Å²) in [6.07, 6.45) is 0.0671. The first kappa shape index (κ1) is 21.1. The predicted octanol–water partition coefficient (Wildman–Crippen LogP) is 3.79. The van der Waals surface area contributed by atoms with Gasteiger partial charge in [-0.15, -0.1) is 0 Å². The number of amides is 1. The number of thioether (sulfide) groups is 1. The van der Waals surface area contributed by atoms with Crippen molar-refractivity contribution in [3.8, 4) is 0 Å². The van der Waals surface area contributed by atoms with Crippen LogP contribution in [-0.4, -0.2) is 42.3 Å². The first-order valence-corrected chi connectivity index (χ1v) is 12.5. The summed E-state index contributed by atoms with van der Waals surface area (Å²) in [4.78, 5) is 19.0. The molecule has 2 saturated heterocycles. The van der Waals surface area contributed by atoms with E-state index in [0.29, 0.717) is 10.7 Å². The van der Waals surface area contributed by atoms with Crippen molar-refractivity contribution in [2.45, 2.75) is 37.5 Å². The monoisotopic (exact) mass is 446 g/mol. The molecule has 0 aliphatic carbocycles. The normalized spacial score (nSPS) is 23.9. The molecule has 0 unspecified atom stereocenters. The van der Waals surface area contributed by atoms with Crippen molar-refractivity contribution < 1.29 is 17.6 Å². The number of amidine groups is 1. The zero-order chi connectivity index (χ0) is 21.5. The van der Waals surface area contributed by atoms with Gasteiger partial charge in [0.05, 0.1) is 24.0 Å². The van der Waals surface area contributed by atoms with Gasteiger partial charge >= 0.3 is 0 Å². The third kappa shape index (κ3) is 4.30. The molecule has 4 rings (SSSR count). The Hall–Kier alpha value is -2.19. The number of carbonyl (C=O) groups excluding carboxylic acids is 1. The van der Waals surface area contributed by atoms with E-state index in [4.69, 9.17) is 0 Å². The molecule has 8 heteroatoms. The highest BCUT2D eigenvalue weighted by atomic mass is 32.2. The summed E-state index contributed by atoms with van der Waals surface area (Å²) >= 11 is 1.36. The lowest BCUT2D eigenvalue weighted by molar-refractivity contribution is -0.117. The van der Waals surface area contributed by atoms with Gasteiger partial charge in [0.2, 0.25) is 0 Å². The van der Waals surface area contributed by atoms with Crippen molar-refractivity contribution in [2.24, 2.45) is 4.99 Å². The summed E-state index contributed by atoms with van der Waals surface area (Å²) in [5, 5.41) is 0.396. The molecule has 2 aromatic rings. The van der Waals surface area contributed by atoms with E-state index in [1.165, 1.54) is 23.9 Å². The van der Waals surface area contributed by atoms with Crippen molar-refractivity contribution in [3.63, 3.8) is 0 Å². The Balaban J connectivity index is 1.69. The molecule has 0 bridgehead atoms. The van der Waals surface area contributed by atoms with Gasteiger partial charge in [0.1, 0.15) is 5.82 Å². The Kier molecular flexibility index (Phi) is 5.72. The van der Waals surface area contributed by atoms with Crippen LogP contribution in [0.2, 0.25) is 0 Å². The van der Waals surface area contributed by atoms with Crippen molar-refractivity contribution in [1.29, 1.82) is 0 Å². The van der Waals surface area contributed by atoms with Crippen LogP contribution in [0.25, 0.3) is 0 Å². The standard InChI is InChI=1S/C22H23FN2O3S2/c1-14(2)17-5-3-4-6-18(17)25-19-12-30(27,28)13-20(19)29-22(25)24-21(26)11-15-7-9-16(23)10-8-15/h3-10,14,19-20H,11-13H2,1-2H3/t19-,20+/m0/s1. The molecule has 2 atom stereocenters. The molecule has 158 valence electrons. The molecule has 30 heavy (non-hydrogen) atoms. The van der Waals surface area contributed by atoms with Gasteiger partial charge in [-0.05, 0) is 35.2 Å². The highest BCUT2D eigenvalue weighted by molar-refractivity contribution is 8.16. The topological polar surface area (TPSA) is 66.8 Å². The third-order valence-electron chi connectivity index (χ3n) is 5.37. The molecule has 2 heterocycles. The molecule has 2 aliphatic heterocycles. The van der Waals surface area contributed by atoms with Crippen LogP contribution in [0.15, 0.2) is 53.5 Å². The Morgan fingerprint density at radius 2 is 1.87 bits per heavy atom. The van der Waals surface area contributed by atoms with Gasteiger partial charge in [-0.1, -0.05) is 55.9 Å². The molecule has 1 amide bonds. The fraction of sp³-hybridized carbons (Fsp3) is 0.364. The van der Waals surface area contributed by atoms with Crippen LogP contribution >= 0.6 is 11.8 Å². The predicted molar refractivity (Wildman–Crippen MR) is 119 cm³/mol. The summed E-state index contributed by atoms with van der Waals surface area (Å²) in [5.74, 6) is -0.302. The van der Waals surface area contributed by atoms with Crippen molar-refractivity contribution in [1.82, 2.24) is 0 Å². The Labute approximate surface area is 180 Å². The average molecular weight is 447 g/mol. The van der Waals surface area contributed by atoms with E-state index in [9.17, 15) is 17.6 Å². The summed E-state index contributed by atoms with van der Waals surface area (Å²) in [5.41, 5.74) is 2.67. The fourth-order valence-corrected chi connectivity index (χ4v) is 7.89. The first-order valence-electron chi connectivity index (χ1n) is 9.85. The van der Waals surface area contributed by atoms with Crippen LogP contribution in [0.5, 0.6) is 0 Å². The van der Waals surface area contributed by atoms with Crippen LogP contribution in [0, 0.1) is 5.82 Å². The highest BCUT2D eigenvalue weighted by Gasteiger charge is 2.49. The second-order valence-electron chi connectivity index (χ2n) is 7.98. The SMILES string of the molecule is CC(C)c1ccccc1N1C(=NC(=O)Cc2ccc(F)cc2)S[C@@H]2CS(=O)(=O)C[C@@H]21. The lowest BCUT2D eigenvalue weighted by Gasteiger charge is -2.28. The van der Waals surface area contributed by atoms with Gasteiger partial charge in [-0.3, -0.25) is 4.79 Å². The van der Waals surface area contributed by atoms with Gasteiger partial charge in [0, 0.05) is 10.9 Å². The number of carbonyl (C=O) groups is 1.